The standard InChI is InChI=1S/C13H15N2O2/c1-2-9-16-10-5-6-11-17-13-8-4-3-7-12(13)15-14/h2-8H,1,9-11H2/q+1/b6-5+. The average Bonchev–Trinajstić information content (AvgIpc) is 2.38. The fraction of sp³-hybridized carbons (Fsp3) is 0.231. The summed E-state index contributed by atoms with van der Waals surface area (Å²) in [4.78, 5) is 3.13. The van der Waals surface area contributed by atoms with Crippen LogP contribution in [0.1, 0.15) is 0 Å². The Morgan fingerprint density at radius 2 is 1.94 bits per heavy atom. The van der Waals surface area contributed by atoms with E-state index in [0.717, 1.165) is 0 Å². The van der Waals surface area contributed by atoms with Crippen molar-refractivity contribution in [2.45, 2.75) is 0 Å². The van der Waals surface area contributed by atoms with E-state index in [9.17, 15) is 0 Å². The third kappa shape index (κ3) is 4.96. The van der Waals surface area contributed by atoms with Gasteiger partial charge in [-0.05, 0) is 12.1 Å². The molecule has 4 heteroatoms. The van der Waals surface area contributed by atoms with Crippen molar-refractivity contribution in [3.63, 3.8) is 0 Å². The molecule has 0 atom stereocenters. The van der Waals surface area contributed by atoms with Crippen molar-refractivity contribution >= 4 is 5.69 Å². The van der Waals surface area contributed by atoms with E-state index in [2.05, 4.69) is 11.6 Å². The first-order chi connectivity index (χ1) is 8.38. The van der Waals surface area contributed by atoms with Crippen LogP contribution in [0.15, 0.2) is 49.1 Å². The van der Waals surface area contributed by atoms with E-state index in [1.54, 1.807) is 24.3 Å². The van der Waals surface area contributed by atoms with Gasteiger partial charge in [-0.15, -0.1) is 6.58 Å². The molecule has 1 rings (SSSR count). The van der Waals surface area contributed by atoms with Crippen LogP contribution in [0.5, 0.6) is 5.75 Å². The molecular formula is C13H15N2O2+. The van der Waals surface area contributed by atoms with Crippen molar-refractivity contribution in [1.29, 1.82) is 5.39 Å². The quantitative estimate of drug-likeness (QED) is 0.411. The average molecular weight is 231 g/mol. The lowest BCUT2D eigenvalue weighted by Gasteiger charge is -1.99. The Hall–Kier alpha value is -2.12. The summed E-state index contributed by atoms with van der Waals surface area (Å²) in [6.07, 6.45) is 5.41. The summed E-state index contributed by atoms with van der Waals surface area (Å²) >= 11 is 0. The molecule has 1 aromatic rings. The Morgan fingerprint density at radius 3 is 2.71 bits per heavy atom. The Balaban J connectivity index is 2.31. The van der Waals surface area contributed by atoms with Crippen LogP contribution in [0.2, 0.25) is 0 Å². The molecule has 0 aromatic heterocycles. The Labute approximate surface area is 101 Å². The number of ether oxygens (including phenoxy) is 2. The molecule has 17 heavy (non-hydrogen) atoms. The summed E-state index contributed by atoms with van der Waals surface area (Å²) in [6.45, 7) is 5.02. The number of rotatable bonds is 7. The Morgan fingerprint density at radius 1 is 1.18 bits per heavy atom. The van der Waals surface area contributed by atoms with E-state index in [0.29, 0.717) is 31.3 Å². The van der Waals surface area contributed by atoms with Crippen molar-refractivity contribution in [1.82, 2.24) is 0 Å². The first-order valence-corrected chi connectivity index (χ1v) is 5.29. The predicted octanol–water partition coefficient (Wildman–Crippen LogP) is 3.31. The zero-order valence-electron chi connectivity index (χ0n) is 9.58. The molecule has 0 saturated heterocycles. The molecule has 0 saturated carbocycles. The van der Waals surface area contributed by atoms with Gasteiger partial charge in [0.1, 0.15) is 6.61 Å². The van der Waals surface area contributed by atoms with Gasteiger partial charge in [0.2, 0.25) is 11.1 Å². The van der Waals surface area contributed by atoms with Gasteiger partial charge in [0.15, 0.2) is 4.98 Å². The number of benzene rings is 1. The van der Waals surface area contributed by atoms with Crippen molar-refractivity contribution in [2.24, 2.45) is 0 Å². The van der Waals surface area contributed by atoms with Crippen LogP contribution in [0, 0.1) is 5.39 Å². The highest BCUT2D eigenvalue weighted by Crippen LogP contribution is 2.26. The van der Waals surface area contributed by atoms with Crippen LogP contribution in [0.4, 0.5) is 5.69 Å². The van der Waals surface area contributed by atoms with Crippen LogP contribution >= 0.6 is 0 Å². The molecule has 0 aliphatic carbocycles. The first-order valence-electron chi connectivity index (χ1n) is 5.29. The molecule has 0 fully saturated rings. The number of nitrogens with zero attached hydrogens (tertiary/aromatic N) is 2. The summed E-state index contributed by atoms with van der Waals surface area (Å²) in [5.74, 6) is 0.548. The molecule has 0 amide bonds. The highest BCUT2D eigenvalue weighted by Gasteiger charge is 2.12. The van der Waals surface area contributed by atoms with Crippen molar-refractivity contribution < 1.29 is 9.47 Å². The van der Waals surface area contributed by atoms with Gasteiger partial charge in [0.25, 0.3) is 0 Å². The van der Waals surface area contributed by atoms with Gasteiger partial charge in [-0.25, -0.2) is 0 Å². The van der Waals surface area contributed by atoms with Gasteiger partial charge in [-0.1, -0.05) is 24.3 Å². The third-order valence-electron chi connectivity index (χ3n) is 1.92. The van der Waals surface area contributed by atoms with E-state index in [1.165, 1.54) is 0 Å². The third-order valence-corrected chi connectivity index (χ3v) is 1.92. The Kier molecular flexibility index (Phi) is 6.15. The van der Waals surface area contributed by atoms with Gasteiger partial charge >= 0.3 is 5.69 Å². The maximum Gasteiger partial charge on any atom is 0.426 e. The summed E-state index contributed by atoms with van der Waals surface area (Å²) in [6, 6.07) is 7.02. The second-order valence-electron chi connectivity index (χ2n) is 3.18. The highest BCUT2D eigenvalue weighted by molar-refractivity contribution is 5.56. The largest absolute Gasteiger partial charge is 0.482 e. The molecule has 0 bridgehead atoms. The van der Waals surface area contributed by atoms with Crippen LogP contribution in [0.25, 0.3) is 4.98 Å². The normalized spacial score (nSPS) is 10.1. The maximum atomic E-state index is 8.72. The minimum atomic E-state index is 0.407. The fourth-order valence-electron chi connectivity index (χ4n) is 1.16. The molecule has 0 N–H and O–H groups in total. The second-order valence-corrected chi connectivity index (χ2v) is 3.18. The molecule has 0 aliphatic rings. The van der Waals surface area contributed by atoms with E-state index in [1.807, 2.05) is 18.2 Å². The molecule has 0 spiro atoms. The Bertz CT molecular complexity index is 422. The molecule has 0 heterocycles. The number of diazo groups is 1. The zero-order valence-corrected chi connectivity index (χ0v) is 9.58. The van der Waals surface area contributed by atoms with E-state index in [-0.39, 0.29) is 0 Å². The molecule has 4 nitrogen and oxygen atoms in total. The lowest BCUT2D eigenvalue weighted by atomic mass is 10.3. The van der Waals surface area contributed by atoms with E-state index in [4.69, 9.17) is 14.9 Å². The van der Waals surface area contributed by atoms with Crippen LogP contribution < -0.4 is 4.74 Å². The van der Waals surface area contributed by atoms with Crippen molar-refractivity contribution in [2.75, 3.05) is 19.8 Å². The van der Waals surface area contributed by atoms with Gasteiger partial charge in [-0.3, -0.25) is 0 Å². The minimum Gasteiger partial charge on any atom is -0.482 e. The maximum absolute atomic E-state index is 8.72. The molecule has 88 valence electrons. The lowest BCUT2D eigenvalue weighted by molar-refractivity contribution is 0.193. The number of hydrogen-bond donors (Lipinski definition) is 0. The highest BCUT2D eigenvalue weighted by atomic mass is 16.5. The van der Waals surface area contributed by atoms with Crippen LogP contribution in [-0.4, -0.2) is 19.8 Å². The van der Waals surface area contributed by atoms with Crippen LogP contribution in [0.3, 0.4) is 0 Å². The zero-order chi connectivity index (χ0) is 12.3. The van der Waals surface area contributed by atoms with Gasteiger partial charge < -0.3 is 9.47 Å². The first kappa shape index (κ1) is 12.9. The number of para-hydroxylation sites is 1. The molecular weight excluding hydrogens is 216 g/mol. The second kappa shape index (κ2) is 8.08. The van der Waals surface area contributed by atoms with Gasteiger partial charge in [0, 0.05) is 6.07 Å². The summed E-state index contributed by atoms with van der Waals surface area (Å²) in [5, 5.41) is 8.72. The van der Waals surface area contributed by atoms with Crippen molar-refractivity contribution in [3.8, 4) is 5.75 Å². The van der Waals surface area contributed by atoms with E-state index >= 15 is 0 Å². The summed E-state index contributed by atoms with van der Waals surface area (Å²) in [5.41, 5.74) is 0.420. The minimum absolute atomic E-state index is 0.407. The van der Waals surface area contributed by atoms with E-state index < -0.39 is 0 Å². The monoisotopic (exact) mass is 231 g/mol. The molecule has 0 unspecified atom stereocenters. The SMILES string of the molecule is C=CCOC/C=C/COc1ccccc1[N+]#N. The predicted molar refractivity (Wildman–Crippen MR) is 66.8 cm³/mol. The topological polar surface area (TPSA) is 46.6 Å². The smallest absolute Gasteiger partial charge is 0.426 e. The van der Waals surface area contributed by atoms with Crippen LogP contribution in [-0.2, 0) is 4.74 Å². The number of hydrogen-bond acceptors (Lipinski definition) is 3. The molecule has 1 aromatic carbocycles. The lowest BCUT2D eigenvalue weighted by Crippen LogP contribution is -1.95. The van der Waals surface area contributed by atoms with Gasteiger partial charge in [0.05, 0.1) is 13.2 Å². The summed E-state index contributed by atoms with van der Waals surface area (Å²) in [7, 11) is 0. The summed E-state index contributed by atoms with van der Waals surface area (Å²) < 4.78 is 10.6. The van der Waals surface area contributed by atoms with Crippen molar-refractivity contribution in [3.05, 3.63) is 54.0 Å². The molecule has 0 aliphatic heterocycles. The van der Waals surface area contributed by atoms with Gasteiger partial charge in [-0.2, -0.15) is 0 Å². The molecule has 0 radical (unpaired) electrons. The fourth-order valence-corrected chi connectivity index (χ4v) is 1.16.